The van der Waals surface area contributed by atoms with Crippen LogP contribution in [-0.4, -0.2) is 43.7 Å². The molecule has 0 N–H and O–H groups in total. The van der Waals surface area contributed by atoms with Gasteiger partial charge in [0, 0.05) is 37.2 Å². The molecule has 1 unspecified atom stereocenters. The van der Waals surface area contributed by atoms with E-state index >= 15 is 0 Å². The molecule has 2 aliphatic heterocycles. The fraction of sp³-hybridized carbons (Fsp3) is 0.381. The monoisotopic (exact) mass is 373 g/mol. The van der Waals surface area contributed by atoms with Crippen LogP contribution in [-0.2, 0) is 19.9 Å². The molecule has 0 spiro atoms. The number of hydrogen-bond donors (Lipinski definition) is 0. The molecule has 2 aromatic rings. The Morgan fingerprint density at radius 2 is 1.46 bits per heavy atom. The number of cyclic esters (lactones) is 1. The highest BCUT2D eigenvalue weighted by atomic mass is 35.5. The van der Waals surface area contributed by atoms with Gasteiger partial charge in [0.15, 0.2) is 5.60 Å². The van der Waals surface area contributed by atoms with Crippen LogP contribution in [0, 0.1) is 5.92 Å². The predicted octanol–water partition coefficient (Wildman–Crippen LogP) is 3.25. The van der Waals surface area contributed by atoms with Gasteiger partial charge in [0.05, 0.1) is 19.1 Å². The van der Waals surface area contributed by atoms with Gasteiger partial charge in [-0.25, -0.2) is 0 Å². The molecule has 0 aliphatic carbocycles. The SMILES string of the molecule is Cl.O=C1OC(c2ccccc2)(c2ccccc2)CC1CN1CCOCC1. The second kappa shape index (κ2) is 8.21. The maximum absolute atomic E-state index is 12.7. The Balaban J connectivity index is 0.00000196. The second-order valence-electron chi connectivity index (χ2n) is 6.79. The lowest BCUT2D eigenvalue weighted by Crippen LogP contribution is -2.40. The summed E-state index contributed by atoms with van der Waals surface area (Å²) in [5.74, 6) is -0.210. The summed E-state index contributed by atoms with van der Waals surface area (Å²) in [6, 6.07) is 20.2. The molecule has 0 saturated carbocycles. The Labute approximate surface area is 160 Å². The molecular weight excluding hydrogens is 350 g/mol. The van der Waals surface area contributed by atoms with Gasteiger partial charge in [-0.1, -0.05) is 60.7 Å². The number of benzene rings is 2. The highest BCUT2D eigenvalue weighted by Gasteiger charge is 2.49. The van der Waals surface area contributed by atoms with Gasteiger partial charge >= 0.3 is 5.97 Å². The van der Waals surface area contributed by atoms with Gasteiger partial charge in [-0.3, -0.25) is 9.69 Å². The van der Waals surface area contributed by atoms with Crippen LogP contribution in [0.4, 0.5) is 0 Å². The molecule has 2 heterocycles. The normalized spacial score (nSPS) is 22.5. The van der Waals surface area contributed by atoms with Gasteiger partial charge in [-0.2, -0.15) is 0 Å². The fourth-order valence-electron chi connectivity index (χ4n) is 3.90. The predicted molar refractivity (Wildman–Crippen MR) is 102 cm³/mol. The van der Waals surface area contributed by atoms with Crippen molar-refractivity contribution in [2.24, 2.45) is 5.92 Å². The van der Waals surface area contributed by atoms with E-state index in [0.717, 1.165) is 44.0 Å². The van der Waals surface area contributed by atoms with Crippen molar-refractivity contribution in [2.45, 2.75) is 12.0 Å². The largest absolute Gasteiger partial charge is 0.449 e. The summed E-state index contributed by atoms with van der Waals surface area (Å²) in [7, 11) is 0. The Bertz CT molecular complexity index is 677. The lowest BCUT2D eigenvalue weighted by atomic mass is 9.81. The second-order valence-corrected chi connectivity index (χ2v) is 6.79. The van der Waals surface area contributed by atoms with E-state index in [1.54, 1.807) is 0 Å². The number of morpholine rings is 1. The van der Waals surface area contributed by atoms with Gasteiger partial charge in [0.2, 0.25) is 0 Å². The van der Waals surface area contributed by atoms with Crippen molar-refractivity contribution >= 4 is 18.4 Å². The van der Waals surface area contributed by atoms with E-state index in [9.17, 15) is 4.79 Å². The zero-order valence-electron chi connectivity index (χ0n) is 14.7. The highest BCUT2D eigenvalue weighted by molar-refractivity contribution is 5.85. The van der Waals surface area contributed by atoms with Crippen LogP contribution in [0.15, 0.2) is 60.7 Å². The van der Waals surface area contributed by atoms with Crippen LogP contribution < -0.4 is 0 Å². The Kier molecular flexibility index (Phi) is 5.97. The van der Waals surface area contributed by atoms with Crippen LogP contribution in [0.1, 0.15) is 17.5 Å². The number of rotatable bonds is 4. The number of nitrogens with zero attached hydrogens (tertiary/aromatic N) is 1. The first-order valence-electron chi connectivity index (χ1n) is 8.92. The van der Waals surface area contributed by atoms with Gasteiger partial charge in [-0.05, 0) is 0 Å². The van der Waals surface area contributed by atoms with Gasteiger partial charge in [-0.15, -0.1) is 12.4 Å². The summed E-state index contributed by atoms with van der Waals surface area (Å²) in [5, 5.41) is 0. The number of hydrogen-bond acceptors (Lipinski definition) is 4. The minimum absolute atomic E-state index is 0. The zero-order valence-corrected chi connectivity index (χ0v) is 15.5. The zero-order chi connectivity index (χ0) is 17.1. The molecule has 4 rings (SSSR count). The van der Waals surface area contributed by atoms with Crippen molar-refractivity contribution in [3.8, 4) is 0 Å². The summed E-state index contributed by atoms with van der Waals surface area (Å²) in [4.78, 5) is 15.0. The Hall–Kier alpha value is -1.88. The maximum atomic E-state index is 12.7. The molecule has 0 bridgehead atoms. The minimum Gasteiger partial charge on any atom is -0.449 e. The average molecular weight is 374 g/mol. The topological polar surface area (TPSA) is 38.8 Å². The molecular formula is C21H24ClNO3. The molecule has 2 aromatic carbocycles. The van der Waals surface area contributed by atoms with Crippen LogP contribution >= 0.6 is 12.4 Å². The Morgan fingerprint density at radius 1 is 0.923 bits per heavy atom. The molecule has 138 valence electrons. The molecule has 2 fully saturated rings. The van der Waals surface area contributed by atoms with Crippen molar-refractivity contribution in [1.29, 1.82) is 0 Å². The van der Waals surface area contributed by atoms with Crippen molar-refractivity contribution < 1.29 is 14.3 Å². The lowest BCUT2D eigenvalue weighted by Gasteiger charge is -2.30. The summed E-state index contributed by atoms with van der Waals surface area (Å²) in [6.07, 6.45) is 0.678. The van der Waals surface area contributed by atoms with Crippen LogP contribution in [0.2, 0.25) is 0 Å². The number of ether oxygens (including phenoxy) is 2. The summed E-state index contributed by atoms with van der Waals surface area (Å²) >= 11 is 0. The van der Waals surface area contributed by atoms with E-state index in [0.29, 0.717) is 6.42 Å². The van der Waals surface area contributed by atoms with Crippen molar-refractivity contribution in [3.63, 3.8) is 0 Å². The quantitative estimate of drug-likeness (QED) is 0.771. The first kappa shape index (κ1) is 18.9. The summed E-state index contributed by atoms with van der Waals surface area (Å²) in [6.45, 7) is 3.99. The average Bonchev–Trinajstić information content (AvgIpc) is 3.01. The minimum atomic E-state index is -0.684. The van der Waals surface area contributed by atoms with E-state index in [4.69, 9.17) is 9.47 Å². The summed E-state index contributed by atoms with van der Waals surface area (Å²) < 4.78 is 11.5. The number of esters is 1. The summed E-state index contributed by atoms with van der Waals surface area (Å²) in [5.41, 5.74) is 1.40. The fourth-order valence-corrected chi connectivity index (χ4v) is 3.90. The smallest absolute Gasteiger partial charge is 0.311 e. The third-order valence-electron chi connectivity index (χ3n) is 5.20. The standard InChI is InChI=1S/C21H23NO3.ClH/c23-20-17(16-22-11-13-24-14-12-22)15-21(25-20,18-7-3-1-4-8-18)19-9-5-2-6-10-19;/h1-10,17H,11-16H2;1H. The Morgan fingerprint density at radius 3 is 2.00 bits per heavy atom. The van der Waals surface area contributed by atoms with E-state index < -0.39 is 5.60 Å². The first-order chi connectivity index (χ1) is 12.3. The molecule has 4 nitrogen and oxygen atoms in total. The number of halogens is 1. The third kappa shape index (κ3) is 3.63. The van der Waals surface area contributed by atoms with E-state index in [1.165, 1.54) is 0 Å². The first-order valence-corrected chi connectivity index (χ1v) is 8.92. The van der Waals surface area contributed by atoms with E-state index in [1.807, 2.05) is 36.4 Å². The molecule has 2 saturated heterocycles. The molecule has 1 atom stereocenters. The van der Waals surface area contributed by atoms with Gasteiger partial charge in [0.1, 0.15) is 0 Å². The van der Waals surface area contributed by atoms with Crippen LogP contribution in [0.5, 0.6) is 0 Å². The molecule has 0 aromatic heterocycles. The number of carbonyl (C=O) groups is 1. The molecule has 0 amide bonds. The molecule has 26 heavy (non-hydrogen) atoms. The maximum Gasteiger partial charge on any atom is 0.311 e. The van der Waals surface area contributed by atoms with Gasteiger partial charge in [0.25, 0.3) is 0 Å². The third-order valence-corrected chi connectivity index (χ3v) is 5.20. The van der Waals surface area contributed by atoms with E-state index in [2.05, 4.69) is 29.2 Å². The van der Waals surface area contributed by atoms with Crippen molar-refractivity contribution in [3.05, 3.63) is 71.8 Å². The molecule has 2 aliphatic rings. The van der Waals surface area contributed by atoms with Crippen LogP contribution in [0.3, 0.4) is 0 Å². The molecule has 0 radical (unpaired) electrons. The highest BCUT2D eigenvalue weighted by Crippen LogP contribution is 2.45. The lowest BCUT2D eigenvalue weighted by molar-refractivity contribution is -0.149. The van der Waals surface area contributed by atoms with Crippen molar-refractivity contribution in [1.82, 2.24) is 4.90 Å². The number of carbonyl (C=O) groups excluding carboxylic acids is 1. The molecule has 5 heteroatoms. The van der Waals surface area contributed by atoms with Gasteiger partial charge < -0.3 is 9.47 Å². The van der Waals surface area contributed by atoms with E-state index in [-0.39, 0.29) is 24.3 Å². The van der Waals surface area contributed by atoms with Crippen LogP contribution in [0.25, 0.3) is 0 Å². The van der Waals surface area contributed by atoms with Crippen molar-refractivity contribution in [2.75, 3.05) is 32.8 Å².